The van der Waals surface area contributed by atoms with Crippen LogP contribution in [0.1, 0.15) is 67.3 Å². The highest BCUT2D eigenvalue weighted by Crippen LogP contribution is 2.59. The Hall–Kier alpha value is -1.10. The summed E-state index contributed by atoms with van der Waals surface area (Å²) in [6.45, 7) is 3.34. The highest BCUT2D eigenvalue weighted by atomic mass is 35.5. The summed E-state index contributed by atoms with van der Waals surface area (Å²) in [5.74, 6) is 2.70. The van der Waals surface area contributed by atoms with Crippen molar-refractivity contribution in [2.75, 3.05) is 33.4 Å². The number of ether oxygens (including phenoxy) is 1. The molecule has 2 N–H and O–H groups in total. The summed E-state index contributed by atoms with van der Waals surface area (Å²) in [7, 11) is 1.96. The maximum absolute atomic E-state index is 13.0. The Balaban J connectivity index is 1.27. The second kappa shape index (κ2) is 10.0. The highest BCUT2D eigenvalue weighted by Gasteiger charge is 2.50. The summed E-state index contributed by atoms with van der Waals surface area (Å²) in [6.07, 6.45) is 11.1. The minimum atomic E-state index is -0.0130. The van der Waals surface area contributed by atoms with Crippen LogP contribution in [0.3, 0.4) is 0 Å². The van der Waals surface area contributed by atoms with E-state index in [0.717, 1.165) is 68.9 Å². The third-order valence-electron chi connectivity index (χ3n) is 7.53. The molecule has 1 aromatic carbocycles. The van der Waals surface area contributed by atoms with Crippen LogP contribution in [0.25, 0.3) is 0 Å². The van der Waals surface area contributed by atoms with Crippen molar-refractivity contribution in [3.63, 3.8) is 0 Å². The zero-order valence-electron chi connectivity index (χ0n) is 18.4. The van der Waals surface area contributed by atoms with E-state index < -0.39 is 0 Å². The highest BCUT2D eigenvalue weighted by molar-refractivity contribution is 6.33. The van der Waals surface area contributed by atoms with Gasteiger partial charge in [0.1, 0.15) is 0 Å². The molecule has 4 fully saturated rings. The molecule has 0 atom stereocenters. The molecule has 4 aliphatic rings. The number of rotatable bonds is 11. The van der Waals surface area contributed by atoms with E-state index in [9.17, 15) is 4.79 Å². The molecule has 0 unspecified atom stereocenters. The van der Waals surface area contributed by atoms with Gasteiger partial charge in [-0.25, -0.2) is 0 Å². The third-order valence-corrected chi connectivity index (χ3v) is 7.86. The van der Waals surface area contributed by atoms with E-state index in [-0.39, 0.29) is 5.91 Å². The molecule has 4 bridgehead atoms. The van der Waals surface area contributed by atoms with Crippen LogP contribution in [0.4, 0.5) is 0 Å². The van der Waals surface area contributed by atoms with Crippen LogP contribution in [0, 0.1) is 23.2 Å². The van der Waals surface area contributed by atoms with E-state index in [0.29, 0.717) is 16.0 Å². The van der Waals surface area contributed by atoms with Crippen molar-refractivity contribution in [1.82, 2.24) is 10.6 Å². The Labute approximate surface area is 186 Å². The van der Waals surface area contributed by atoms with Gasteiger partial charge in [0.05, 0.1) is 10.6 Å². The summed E-state index contributed by atoms with van der Waals surface area (Å²) in [5, 5.41) is 6.94. The molecule has 4 saturated carbocycles. The van der Waals surface area contributed by atoms with Crippen LogP contribution in [0.15, 0.2) is 18.2 Å². The lowest BCUT2D eigenvalue weighted by molar-refractivity contribution is -0.0503. The van der Waals surface area contributed by atoms with Gasteiger partial charge in [0.2, 0.25) is 0 Å². The number of nitrogens with one attached hydrogen (secondary N) is 2. The van der Waals surface area contributed by atoms with E-state index in [1.807, 2.05) is 25.2 Å². The molecule has 1 amide bonds. The van der Waals surface area contributed by atoms with Gasteiger partial charge in [0.25, 0.3) is 5.91 Å². The quantitative estimate of drug-likeness (QED) is 0.491. The van der Waals surface area contributed by atoms with Crippen molar-refractivity contribution in [3.05, 3.63) is 34.3 Å². The lowest BCUT2D eigenvalue weighted by Crippen LogP contribution is -2.51. The molecule has 4 aliphatic carbocycles. The van der Waals surface area contributed by atoms with Crippen molar-refractivity contribution in [3.8, 4) is 0 Å². The fourth-order valence-electron chi connectivity index (χ4n) is 6.60. The molecule has 0 aromatic heterocycles. The Morgan fingerprint density at radius 3 is 2.43 bits per heavy atom. The van der Waals surface area contributed by atoms with E-state index in [1.54, 1.807) is 0 Å². The van der Waals surface area contributed by atoms with Crippen molar-refractivity contribution in [2.24, 2.45) is 23.2 Å². The van der Waals surface area contributed by atoms with Crippen molar-refractivity contribution in [1.29, 1.82) is 0 Å². The second-order valence-electron chi connectivity index (χ2n) is 10.1. The fraction of sp³-hybridized carbons (Fsp3) is 0.720. The summed E-state index contributed by atoms with van der Waals surface area (Å²) in [5.41, 5.74) is 2.12. The fourth-order valence-corrected chi connectivity index (χ4v) is 6.81. The van der Waals surface area contributed by atoms with Gasteiger partial charge >= 0.3 is 0 Å². The smallest absolute Gasteiger partial charge is 0.252 e. The van der Waals surface area contributed by atoms with E-state index in [1.165, 1.54) is 38.5 Å². The first-order valence-electron chi connectivity index (χ1n) is 11.9. The minimum absolute atomic E-state index is 0.0130. The van der Waals surface area contributed by atoms with Gasteiger partial charge < -0.3 is 15.4 Å². The van der Waals surface area contributed by atoms with Crippen LogP contribution in [-0.2, 0) is 11.2 Å². The number of aryl methyl sites for hydroxylation is 1. The van der Waals surface area contributed by atoms with Crippen molar-refractivity contribution < 1.29 is 9.53 Å². The van der Waals surface area contributed by atoms with Gasteiger partial charge in [-0.15, -0.1) is 0 Å². The monoisotopic (exact) mass is 432 g/mol. The summed E-state index contributed by atoms with van der Waals surface area (Å²) in [4.78, 5) is 13.0. The average molecular weight is 433 g/mol. The predicted octanol–water partition coefficient (Wildman–Crippen LogP) is 4.84. The molecular formula is C25H37ClN2O2. The molecule has 0 saturated heterocycles. The first-order valence-corrected chi connectivity index (χ1v) is 12.2. The van der Waals surface area contributed by atoms with E-state index in [2.05, 4.69) is 10.6 Å². The summed E-state index contributed by atoms with van der Waals surface area (Å²) in [6, 6.07) is 5.86. The van der Waals surface area contributed by atoms with Crippen molar-refractivity contribution >= 4 is 17.5 Å². The Kier molecular flexibility index (Phi) is 7.38. The lowest BCUT2D eigenvalue weighted by Gasteiger charge is -2.56. The molecule has 4 nitrogen and oxygen atoms in total. The topological polar surface area (TPSA) is 50.4 Å². The standard InChI is InChI=1S/C25H37ClN2O2/c1-27-7-3-9-30-8-2-4-18-5-6-23(26)22(13-18)24(29)28-17-25-14-19-10-20(15-25)12-21(11-19)16-25/h5-6,13,19-21,27H,2-4,7-12,14-17H2,1H3,(H,28,29). The molecule has 30 heavy (non-hydrogen) atoms. The van der Waals surface area contributed by atoms with Gasteiger partial charge in [-0.05, 0) is 112 Å². The second-order valence-corrected chi connectivity index (χ2v) is 10.5. The summed E-state index contributed by atoms with van der Waals surface area (Å²) < 4.78 is 5.67. The Morgan fingerprint density at radius 2 is 1.77 bits per heavy atom. The van der Waals surface area contributed by atoms with Gasteiger partial charge in [0.15, 0.2) is 0 Å². The van der Waals surface area contributed by atoms with Crippen LogP contribution >= 0.6 is 11.6 Å². The molecule has 5 heteroatoms. The Morgan fingerprint density at radius 1 is 1.10 bits per heavy atom. The maximum Gasteiger partial charge on any atom is 0.252 e. The van der Waals surface area contributed by atoms with Crippen LogP contribution in [0.5, 0.6) is 0 Å². The predicted molar refractivity (Wildman–Crippen MR) is 122 cm³/mol. The molecule has 0 aliphatic heterocycles. The molecule has 0 radical (unpaired) electrons. The number of amides is 1. The summed E-state index contributed by atoms with van der Waals surface area (Å²) >= 11 is 6.39. The molecule has 1 aromatic rings. The van der Waals surface area contributed by atoms with E-state index >= 15 is 0 Å². The zero-order chi connectivity index (χ0) is 21.0. The molecule has 5 rings (SSSR count). The lowest BCUT2D eigenvalue weighted by atomic mass is 9.49. The van der Waals surface area contributed by atoms with Gasteiger partial charge in [-0.2, -0.15) is 0 Å². The number of hydrogen-bond acceptors (Lipinski definition) is 3. The molecular weight excluding hydrogens is 396 g/mol. The number of carbonyl (C=O) groups excluding carboxylic acids is 1. The minimum Gasteiger partial charge on any atom is -0.381 e. The molecule has 0 heterocycles. The van der Waals surface area contributed by atoms with E-state index in [4.69, 9.17) is 16.3 Å². The number of halogens is 1. The number of benzene rings is 1. The SMILES string of the molecule is CNCCCOCCCc1ccc(Cl)c(C(=O)NCC23CC4CC(CC(C4)C2)C3)c1. The first kappa shape index (κ1) is 22.1. The third kappa shape index (κ3) is 5.38. The molecule has 166 valence electrons. The van der Waals surface area contributed by atoms with Gasteiger partial charge in [0, 0.05) is 19.8 Å². The largest absolute Gasteiger partial charge is 0.381 e. The first-order chi connectivity index (χ1) is 14.6. The number of carbonyl (C=O) groups is 1. The normalized spacial score (nSPS) is 29.3. The van der Waals surface area contributed by atoms with Crippen LogP contribution in [0.2, 0.25) is 5.02 Å². The Bertz CT molecular complexity index is 701. The van der Waals surface area contributed by atoms with Gasteiger partial charge in [-0.1, -0.05) is 17.7 Å². The van der Waals surface area contributed by atoms with Crippen molar-refractivity contribution in [2.45, 2.75) is 57.8 Å². The van der Waals surface area contributed by atoms with Crippen LogP contribution < -0.4 is 10.6 Å². The zero-order valence-corrected chi connectivity index (χ0v) is 19.1. The average Bonchev–Trinajstić information content (AvgIpc) is 2.71. The number of hydrogen-bond donors (Lipinski definition) is 2. The van der Waals surface area contributed by atoms with Crippen LogP contribution in [-0.4, -0.2) is 39.3 Å². The van der Waals surface area contributed by atoms with Gasteiger partial charge in [-0.3, -0.25) is 4.79 Å². The maximum atomic E-state index is 13.0. The molecule has 0 spiro atoms.